The van der Waals surface area contributed by atoms with E-state index in [2.05, 4.69) is 0 Å². The van der Waals surface area contributed by atoms with Gasteiger partial charge in [-0.05, 0) is 43.9 Å². The number of nitrogens with two attached hydrogens (primary N) is 1. The van der Waals surface area contributed by atoms with Gasteiger partial charge in [-0.1, -0.05) is 12.1 Å². The quantitative estimate of drug-likeness (QED) is 0.849. The van der Waals surface area contributed by atoms with Crippen LogP contribution >= 0.6 is 12.4 Å². The lowest BCUT2D eigenvalue weighted by Crippen LogP contribution is -2.43. The SMILES string of the molecule is Cc1cccc(C(=O)N2CCC(N)CC2)c1C.Cl. The van der Waals surface area contributed by atoms with Crippen LogP contribution < -0.4 is 5.73 Å². The number of hydrogen-bond donors (Lipinski definition) is 1. The summed E-state index contributed by atoms with van der Waals surface area (Å²) in [7, 11) is 0. The Kier molecular flexibility index (Phi) is 5.17. The van der Waals surface area contributed by atoms with Crippen LogP contribution in [0.4, 0.5) is 0 Å². The molecule has 1 aliphatic heterocycles. The first-order valence-corrected chi connectivity index (χ1v) is 6.20. The Hall–Kier alpha value is -1.06. The fourth-order valence-corrected chi connectivity index (χ4v) is 2.26. The van der Waals surface area contributed by atoms with Crippen LogP contribution in [0.5, 0.6) is 0 Å². The van der Waals surface area contributed by atoms with Gasteiger partial charge in [-0.15, -0.1) is 12.4 Å². The molecule has 100 valence electrons. The first kappa shape index (κ1) is 15.0. The van der Waals surface area contributed by atoms with Crippen molar-refractivity contribution in [2.24, 2.45) is 5.73 Å². The number of carbonyl (C=O) groups excluding carboxylic acids is 1. The predicted octanol–water partition coefficient (Wildman–Crippen LogP) is 2.29. The van der Waals surface area contributed by atoms with Crippen LogP contribution in [0.3, 0.4) is 0 Å². The minimum absolute atomic E-state index is 0. The number of hydrogen-bond acceptors (Lipinski definition) is 2. The molecule has 0 spiro atoms. The molecule has 1 aliphatic rings. The lowest BCUT2D eigenvalue weighted by Gasteiger charge is -2.30. The Morgan fingerprint density at radius 3 is 2.50 bits per heavy atom. The number of nitrogens with zero attached hydrogens (tertiary/aromatic N) is 1. The summed E-state index contributed by atoms with van der Waals surface area (Å²) in [6.07, 6.45) is 1.83. The Bertz CT molecular complexity index is 426. The molecule has 0 aromatic heterocycles. The first-order chi connectivity index (χ1) is 8.09. The average molecular weight is 269 g/mol. The maximum absolute atomic E-state index is 12.4. The molecular weight excluding hydrogens is 248 g/mol. The van der Waals surface area contributed by atoms with E-state index < -0.39 is 0 Å². The smallest absolute Gasteiger partial charge is 0.254 e. The van der Waals surface area contributed by atoms with Gasteiger partial charge in [-0.25, -0.2) is 0 Å². The van der Waals surface area contributed by atoms with E-state index in [0.717, 1.165) is 37.1 Å². The molecule has 1 saturated heterocycles. The van der Waals surface area contributed by atoms with Crippen LogP contribution in [0.15, 0.2) is 18.2 Å². The zero-order valence-corrected chi connectivity index (χ0v) is 11.8. The Morgan fingerprint density at radius 2 is 1.89 bits per heavy atom. The fourth-order valence-electron chi connectivity index (χ4n) is 2.26. The van der Waals surface area contributed by atoms with E-state index in [1.54, 1.807) is 0 Å². The highest BCUT2D eigenvalue weighted by molar-refractivity contribution is 5.96. The molecule has 1 aromatic rings. The molecule has 2 N–H and O–H groups in total. The van der Waals surface area contributed by atoms with Crippen molar-refractivity contribution in [2.45, 2.75) is 32.7 Å². The number of carbonyl (C=O) groups is 1. The minimum Gasteiger partial charge on any atom is -0.339 e. The van der Waals surface area contributed by atoms with Crippen LogP contribution in [0.1, 0.15) is 34.3 Å². The zero-order chi connectivity index (χ0) is 12.4. The van der Waals surface area contributed by atoms with Gasteiger partial charge in [-0.2, -0.15) is 0 Å². The summed E-state index contributed by atoms with van der Waals surface area (Å²) in [4.78, 5) is 14.3. The van der Waals surface area contributed by atoms with Crippen molar-refractivity contribution in [1.29, 1.82) is 0 Å². The number of halogens is 1. The summed E-state index contributed by atoms with van der Waals surface area (Å²) >= 11 is 0. The van der Waals surface area contributed by atoms with Crippen molar-refractivity contribution in [3.63, 3.8) is 0 Å². The van der Waals surface area contributed by atoms with Gasteiger partial charge >= 0.3 is 0 Å². The van der Waals surface area contributed by atoms with Gasteiger partial charge in [0.05, 0.1) is 0 Å². The average Bonchev–Trinajstić information content (AvgIpc) is 2.33. The van der Waals surface area contributed by atoms with Crippen molar-refractivity contribution in [2.75, 3.05) is 13.1 Å². The highest BCUT2D eigenvalue weighted by Crippen LogP contribution is 2.17. The molecule has 3 nitrogen and oxygen atoms in total. The van der Waals surface area contributed by atoms with Crippen LogP contribution in [0.25, 0.3) is 0 Å². The molecule has 0 unspecified atom stereocenters. The van der Waals surface area contributed by atoms with Crippen LogP contribution in [-0.4, -0.2) is 29.9 Å². The van der Waals surface area contributed by atoms with E-state index in [1.165, 1.54) is 5.56 Å². The Balaban J connectivity index is 0.00000162. The second-order valence-corrected chi connectivity index (χ2v) is 4.88. The van der Waals surface area contributed by atoms with Gasteiger partial charge in [0.1, 0.15) is 0 Å². The van der Waals surface area contributed by atoms with Crippen LogP contribution in [-0.2, 0) is 0 Å². The molecule has 1 heterocycles. The van der Waals surface area contributed by atoms with Gasteiger partial charge in [0, 0.05) is 24.7 Å². The summed E-state index contributed by atoms with van der Waals surface area (Å²) in [5, 5.41) is 0. The number of amides is 1. The topological polar surface area (TPSA) is 46.3 Å². The maximum atomic E-state index is 12.4. The summed E-state index contributed by atoms with van der Waals surface area (Å²) in [6, 6.07) is 6.17. The lowest BCUT2D eigenvalue weighted by atomic mass is 10.0. The van der Waals surface area contributed by atoms with E-state index >= 15 is 0 Å². The first-order valence-electron chi connectivity index (χ1n) is 6.20. The molecule has 1 fully saturated rings. The third kappa shape index (κ3) is 3.03. The molecule has 4 heteroatoms. The van der Waals surface area contributed by atoms with Crippen molar-refractivity contribution < 1.29 is 4.79 Å². The summed E-state index contributed by atoms with van der Waals surface area (Å²) in [6.45, 7) is 5.62. The van der Waals surface area contributed by atoms with E-state index in [9.17, 15) is 4.79 Å². The number of benzene rings is 1. The number of rotatable bonds is 1. The molecule has 0 aliphatic carbocycles. The van der Waals surface area contributed by atoms with Crippen LogP contribution in [0.2, 0.25) is 0 Å². The Morgan fingerprint density at radius 1 is 1.28 bits per heavy atom. The number of aryl methyl sites for hydroxylation is 1. The Labute approximate surface area is 115 Å². The maximum Gasteiger partial charge on any atom is 0.254 e. The highest BCUT2D eigenvalue weighted by atomic mass is 35.5. The third-order valence-electron chi connectivity index (χ3n) is 3.66. The summed E-state index contributed by atoms with van der Waals surface area (Å²) < 4.78 is 0. The van der Waals surface area contributed by atoms with E-state index in [0.29, 0.717) is 0 Å². The molecule has 1 amide bonds. The zero-order valence-electron chi connectivity index (χ0n) is 11.0. The second-order valence-electron chi connectivity index (χ2n) is 4.88. The minimum atomic E-state index is 0. The molecule has 2 rings (SSSR count). The molecule has 0 atom stereocenters. The molecule has 18 heavy (non-hydrogen) atoms. The van der Waals surface area contributed by atoms with E-state index in [1.807, 2.05) is 36.9 Å². The van der Waals surface area contributed by atoms with Crippen molar-refractivity contribution in [3.8, 4) is 0 Å². The van der Waals surface area contributed by atoms with Gasteiger partial charge in [0.2, 0.25) is 0 Å². The number of likely N-dealkylation sites (tertiary alicyclic amines) is 1. The van der Waals surface area contributed by atoms with Gasteiger partial charge in [-0.3, -0.25) is 4.79 Å². The molecule has 0 bridgehead atoms. The van der Waals surface area contributed by atoms with Gasteiger partial charge in [0.25, 0.3) is 5.91 Å². The normalized spacial score (nSPS) is 16.3. The molecule has 0 radical (unpaired) electrons. The molecule has 1 aromatic carbocycles. The van der Waals surface area contributed by atoms with E-state index in [-0.39, 0.29) is 24.4 Å². The number of piperidine rings is 1. The lowest BCUT2D eigenvalue weighted by molar-refractivity contribution is 0.0714. The highest BCUT2D eigenvalue weighted by Gasteiger charge is 2.22. The standard InChI is InChI=1S/C14H20N2O.ClH/c1-10-4-3-5-13(11(10)2)14(17)16-8-6-12(15)7-9-16;/h3-5,12H,6-9,15H2,1-2H3;1H. The van der Waals surface area contributed by atoms with Crippen LogP contribution in [0, 0.1) is 13.8 Å². The largest absolute Gasteiger partial charge is 0.339 e. The second kappa shape index (κ2) is 6.21. The van der Waals surface area contributed by atoms with Crippen molar-refractivity contribution in [1.82, 2.24) is 4.90 Å². The molecule has 0 saturated carbocycles. The van der Waals surface area contributed by atoms with Gasteiger partial charge in [0.15, 0.2) is 0 Å². The monoisotopic (exact) mass is 268 g/mol. The summed E-state index contributed by atoms with van der Waals surface area (Å²) in [5.41, 5.74) is 8.95. The van der Waals surface area contributed by atoms with Crippen molar-refractivity contribution >= 4 is 18.3 Å². The molecular formula is C14H21ClN2O. The fraction of sp³-hybridized carbons (Fsp3) is 0.500. The van der Waals surface area contributed by atoms with E-state index in [4.69, 9.17) is 5.73 Å². The summed E-state index contributed by atoms with van der Waals surface area (Å²) in [5.74, 6) is 0.151. The van der Waals surface area contributed by atoms with Crippen molar-refractivity contribution in [3.05, 3.63) is 34.9 Å². The van der Waals surface area contributed by atoms with Gasteiger partial charge < -0.3 is 10.6 Å². The third-order valence-corrected chi connectivity index (χ3v) is 3.66. The predicted molar refractivity (Wildman–Crippen MR) is 76.3 cm³/mol.